The Balaban J connectivity index is -0.0000000852. The van der Waals surface area contributed by atoms with E-state index in [9.17, 15) is 32.3 Å². The Morgan fingerprint density at radius 3 is 1.40 bits per heavy atom. The quantitative estimate of drug-likeness (QED) is 0.0653. The second-order valence-corrected chi connectivity index (χ2v) is 15.5. The van der Waals surface area contributed by atoms with Crippen molar-refractivity contribution in [3.63, 3.8) is 0 Å². The summed E-state index contributed by atoms with van der Waals surface area (Å²) in [6.45, 7) is 31.0. The van der Waals surface area contributed by atoms with Crippen LogP contribution in [-0.2, 0) is 94.1 Å². The van der Waals surface area contributed by atoms with Gasteiger partial charge in [0.25, 0.3) is 11.9 Å². The van der Waals surface area contributed by atoms with E-state index in [1.54, 1.807) is 51.4 Å². The van der Waals surface area contributed by atoms with Gasteiger partial charge in [-0.3, -0.25) is 19.2 Å². The average Bonchev–Trinajstić information content (AvgIpc) is 3.56. The third-order valence-corrected chi connectivity index (χ3v) is 9.64. The number of carboxylic acids is 2. The minimum absolute atomic E-state index is 0. The van der Waals surface area contributed by atoms with Gasteiger partial charge in [-0.1, -0.05) is 127 Å². The molecule has 0 heterocycles. The van der Waals surface area contributed by atoms with Gasteiger partial charge in [0, 0.05) is 120 Å². The minimum Gasteiger partial charge on any atom is -0.494 e. The Bertz CT molecular complexity index is 1900. The number of aryl methyl sites for hydroxylation is 3. The van der Waals surface area contributed by atoms with Gasteiger partial charge >= 0.3 is 18.1 Å². The van der Waals surface area contributed by atoms with Crippen molar-refractivity contribution >= 4 is 41.8 Å². The molecule has 0 bridgehead atoms. The van der Waals surface area contributed by atoms with Crippen molar-refractivity contribution in [2.24, 2.45) is 23.7 Å². The Kier molecular flexibility index (Phi) is 78.3. The smallest absolute Gasteiger partial charge is 0.389 e. The van der Waals surface area contributed by atoms with Crippen LogP contribution in [0.25, 0.3) is 6.08 Å². The van der Waals surface area contributed by atoms with Crippen LogP contribution in [0, 0.1) is 44.4 Å². The largest absolute Gasteiger partial charge is 0.494 e. The summed E-state index contributed by atoms with van der Waals surface area (Å²) in [7, 11) is 3.20. The van der Waals surface area contributed by atoms with Gasteiger partial charge in [0.1, 0.15) is 11.5 Å². The van der Waals surface area contributed by atoms with E-state index in [4.69, 9.17) is 34.0 Å². The Labute approximate surface area is 515 Å². The van der Waals surface area contributed by atoms with Crippen molar-refractivity contribution in [2.45, 2.75) is 172 Å². The first kappa shape index (κ1) is 98.5. The first-order valence-corrected chi connectivity index (χ1v) is 23.9. The monoisotopic (exact) mass is 1250 g/mol. The van der Waals surface area contributed by atoms with Crippen molar-refractivity contribution in [1.82, 2.24) is 10.6 Å². The SMILES string of the molecule is C.C.C.C.CC.CC.CC(=O)O.CC(=O)O.CCC1C(C)CC(C)C1C.CCOC(=O)/C=C/c1ccc(OC(=O)c2ccc(OCCCC(F)(F)F)cc2)cc1.CNC(C)=O.CNC(C)=O.Cc1ccc(C)c(C)c1.[Y].[Y]. The van der Waals surface area contributed by atoms with Crippen molar-refractivity contribution in [3.8, 4) is 11.5 Å². The molecule has 1 saturated carbocycles. The molecule has 0 spiro atoms. The van der Waals surface area contributed by atoms with E-state index in [2.05, 4.69) is 77.3 Å². The maximum atomic E-state index is 12.2. The fourth-order valence-corrected chi connectivity index (χ4v) is 5.90. The summed E-state index contributed by atoms with van der Waals surface area (Å²) in [5, 5.41) is 19.6. The van der Waals surface area contributed by atoms with Crippen LogP contribution in [0.5, 0.6) is 11.5 Å². The molecule has 0 aliphatic heterocycles. The molecule has 77 heavy (non-hydrogen) atoms. The number of esters is 2. The van der Waals surface area contributed by atoms with Gasteiger partial charge in [0.2, 0.25) is 11.8 Å². The van der Waals surface area contributed by atoms with Crippen LogP contribution in [0.15, 0.2) is 72.8 Å². The molecule has 4 N–H and O–H groups in total. The van der Waals surface area contributed by atoms with Gasteiger partial charge in [-0.25, -0.2) is 9.59 Å². The molecule has 13 nitrogen and oxygen atoms in total. The first-order valence-electron chi connectivity index (χ1n) is 23.9. The summed E-state index contributed by atoms with van der Waals surface area (Å²) < 4.78 is 51.6. The third-order valence-electron chi connectivity index (χ3n) is 9.64. The molecule has 3 aromatic carbocycles. The second-order valence-electron chi connectivity index (χ2n) is 15.5. The second kappa shape index (κ2) is 61.2. The number of carbonyl (C=O) groups is 6. The van der Waals surface area contributed by atoms with Gasteiger partial charge in [0.05, 0.1) is 18.8 Å². The number of nitrogens with one attached hydrogen (secondary N) is 2. The summed E-state index contributed by atoms with van der Waals surface area (Å²) in [4.78, 5) is 60.9. The van der Waals surface area contributed by atoms with Crippen LogP contribution in [-0.4, -0.2) is 79.4 Å². The summed E-state index contributed by atoms with van der Waals surface area (Å²) >= 11 is 0. The molecule has 2 radical (unpaired) electrons. The molecule has 4 unspecified atom stereocenters. The van der Waals surface area contributed by atoms with E-state index < -0.39 is 36.5 Å². The van der Waals surface area contributed by atoms with E-state index >= 15 is 0 Å². The fourth-order valence-electron chi connectivity index (χ4n) is 5.90. The minimum atomic E-state index is -4.20. The molecule has 4 rings (SSSR count). The number of hydrogen-bond donors (Lipinski definition) is 4. The molecule has 0 saturated heterocycles. The van der Waals surface area contributed by atoms with Crippen LogP contribution in [0.3, 0.4) is 0 Å². The molecule has 18 heteroatoms. The maximum absolute atomic E-state index is 12.2. The summed E-state index contributed by atoms with van der Waals surface area (Å²) in [6.07, 6.45) is 0.472. The molecule has 0 aromatic heterocycles. The van der Waals surface area contributed by atoms with Crippen LogP contribution in [0.2, 0.25) is 0 Å². The van der Waals surface area contributed by atoms with Crippen LogP contribution < -0.4 is 20.1 Å². The number of hydrogen-bond acceptors (Lipinski definition) is 9. The van der Waals surface area contributed by atoms with Gasteiger partial charge in [-0.15, -0.1) is 0 Å². The van der Waals surface area contributed by atoms with Gasteiger partial charge < -0.3 is 35.1 Å². The summed E-state index contributed by atoms with van der Waals surface area (Å²) in [5.41, 5.74) is 5.10. The predicted octanol–water partition coefficient (Wildman–Crippen LogP) is 15.4. The van der Waals surface area contributed by atoms with Crippen molar-refractivity contribution < 1.29 is 132 Å². The van der Waals surface area contributed by atoms with Gasteiger partial charge in [-0.2, -0.15) is 13.2 Å². The number of carbonyl (C=O) groups excluding carboxylic acids is 4. The topological polar surface area (TPSA) is 195 Å². The number of alkyl halides is 3. The third kappa shape index (κ3) is 62.7. The van der Waals surface area contributed by atoms with E-state index in [0.717, 1.165) is 43.1 Å². The maximum Gasteiger partial charge on any atom is 0.389 e. The zero-order valence-electron chi connectivity index (χ0n) is 46.9. The Morgan fingerprint density at radius 1 is 0.675 bits per heavy atom. The van der Waals surface area contributed by atoms with E-state index in [1.165, 1.54) is 73.7 Å². The zero-order chi connectivity index (χ0) is 56.3. The van der Waals surface area contributed by atoms with Crippen LogP contribution in [0.1, 0.15) is 178 Å². The van der Waals surface area contributed by atoms with E-state index in [-0.39, 0.29) is 126 Å². The number of amides is 2. The molecule has 4 atom stereocenters. The number of rotatable bonds is 10. The first-order chi connectivity index (χ1) is 33.1. The molecule has 1 fully saturated rings. The number of ether oxygens (including phenoxy) is 3. The van der Waals surface area contributed by atoms with Crippen molar-refractivity contribution in [1.29, 1.82) is 0 Å². The number of benzene rings is 3. The van der Waals surface area contributed by atoms with Crippen LogP contribution in [0.4, 0.5) is 13.2 Å². The fraction of sp³-hybridized carbons (Fsp3) is 0.559. The zero-order valence-corrected chi connectivity index (χ0v) is 52.6. The predicted molar refractivity (Wildman–Crippen MR) is 307 cm³/mol. The molecule has 3 aromatic rings. The molecular weight excluding hydrogens is 1150 g/mol. The van der Waals surface area contributed by atoms with Gasteiger partial charge in [0.15, 0.2) is 0 Å². The van der Waals surface area contributed by atoms with Crippen LogP contribution >= 0.6 is 0 Å². The van der Waals surface area contributed by atoms with Crippen molar-refractivity contribution in [2.75, 3.05) is 27.3 Å². The number of halogens is 3. The molecular formula is C59H103F3N2O11Y2. The number of carboxylic acid groups (broad SMARTS) is 2. The average molecular weight is 1250 g/mol. The standard InChI is InChI=1S/C22H21F3O5.C10H20.C9H12.2C3H7NO.2C2H4O2.2C2H6.4CH4.2Y/c1-2-28-20(26)13-6-16-4-9-19(10-5-16)30-21(27)17-7-11-18(12-8-17)29-15-3-14-22(23,24)25;1-5-10-8(3)6-7(2)9(10)4;1-7-4-5-8(2)9(3)6-7;2*1-3(5)4-2;2*1-2(3)4;2*1-2;;;;;;/h4-13H,2-3,14-15H2,1H3;7-10H,5-6H2,1-4H3;4-6H,1-3H3;2*1-2H3,(H,4,5);2*1H3,(H,3,4);2*1-2H3;4*1H4;;/b13-6+;;;;;;;;;;;;;;. The Morgan fingerprint density at radius 2 is 1.09 bits per heavy atom. The van der Waals surface area contributed by atoms with Gasteiger partial charge in [-0.05, 0) is 123 Å². The molecule has 1 aliphatic carbocycles. The molecule has 2 amide bonds. The summed E-state index contributed by atoms with van der Waals surface area (Å²) in [6, 6.07) is 19.0. The molecule has 442 valence electrons. The summed E-state index contributed by atoms with van der Waals surface area (Å²) in [5.74, 6) is 1.93. The molecule has 1 aliphatic rings. The number of aliphatic carboxylic acids is 2. The van der Waals surface area contributed by atoms with Crippen molar-refractivity contribution in [3.05, 3.63) is 101 Å². The van der Waals surface area contributed by atoms with E-state index in [1.807, 2.05) is 27.7 Å². The van der Waals surface area contributed by atoms with E-state index in [0.29, 0.717) is 18.1 Å². The Hall–Kier alpha value is -3.98. The normalized spacial score (nSPS) is 13.5.